The highest BCUT2D eigenvalue weighted by molar-refractivity contribution is 6.32. The van der Waals surface area contributed by atoms with Crippen LogP contribution in [-0.2, 0) is 27.9 Å². The van der Waals surface area contributed by atoms with E-state index in [-0.39, 0.29) is 18.7 Å². The monoisotopic (exact) mass is 289 g/mol. The molecule has 0 saturated carbocycles. The molecule has 0 atom stereocenters. The van der Waals surface area contributed by atoms with Crippen molar-refractivity contribution in [3.63, 3.8) is 0 Å². The molecule has 2 aromatic rings. The summed E-state index contributed by atoms with van der Waals surface area (Å²) in [5.41, 5.74) is 0.288. The van der Waals surface area contributed by atoms with Crippen molar-refractivity contribution >= 4 is 22.6 Å². The standard InChI is InChI=1S/C14H15N3O4/c1-3-21-14(20)12(18)15-8-11-9-6-4-5-7-10(9)13(19)17(2)16-11/h4-7H,3,8H2,1-2H3,(H,15,18). The fourth-order valence-electron chi connectivity index (χ4n) is 1.94. The maximum Gasteiger partial charge on any atom is 0.396 e. The minimum absolute atomic E-state index is 0.0340. The van der Waals surface area contributed by atoms with Gasteiger partial charge in [-0.15, -0.1) is 0 Å². The number of aryl methyl sites for hydroxylation is 1. The van der Waals surface area contributed by atoms with Crippen LogP contribution in [0, 0.1) is 0 Å². The summed E-state index contributed by atoms with van der Waals surface area (Å²) in [5, 5.41) is 7.70. The van der Waals surface area contributed by atoms with Gasteiger partial charge in [0.15, 0.2) is 0 Å². The first-order valence-corrected chi connectivity index (χ1v) is 6.44. The van der Waals surface area contributed by atoms with Gasteiger partial charge in [0.05, 0.1) is 24.2 Å². The molecule has 1 N–H and O–H groups in total. The Morgan fingerprint density at radius 3 is 2.62 bits per heavy atom. The Hall–Kier alpha value is -2.70. The summed E-state index contributed by atoms with van der Waals surface area (Å²) in [4.78, 5) is 34.7. The summed E-state index contributed by atoms with van der Waals surface area (Å²) < 4.78 is 5.80. The predicted molar refractivity (Wildman–Crippen MR) is 75.5 cm³/mol. The molecule has 0 bridgehead atoms. The van der Waals surface area contributed by atoms with Gasteiger partial charge in [0.25, 0.3) is 5.56 Å². The second-order valence-electron chi connectivity index (χ2n) is 4.32. The Labute approximate surface area is 120 Å². The molecule has 0 spiro atoms. The van der Waals surface area contributed by atoms with E-state index in [1.165, 1.54) is 11.7 Å². The lowest BCUT2D eigenvalue weighted by atomic mass is 10.1. The highest BCUT2D eigenvalue weighted by Crippen LogP contribution is 2.12. The van der Waals surface area contributed by atoms with E-state index in [0.29, 0.717) is 16.5 Å². The summed E-state index contributed by atoms with van der Waals surface area (Å²) in [7, 11) is 1.53. The van der Waals surface area contributed by atoms with Gasteiger partial charge < -0.3 is 10.1 Å². The number of nitrogens with one attached hydrogen (secondary N) is 1. The zero-order valence-corrected chi connectivity index (χ0v) is 11.8. The van der Waals surface area contributed by atoms with Gasteiger partial charge in [-0.25, -0.2) is 9.48 Å². The van der Waals surface area contributed by atoms with E-state index in [4.69, 9.17) is 0 Å². The number of fused-ring (bicyclic) bond motifs is 1. The van der Waals surface area contributed by atoms with Crippen LogP contribution < -0.4 is 10.9 Å². The molecule has 0 aliphatic heterocycles. The van der Waals surface area contributed by atoms with Gasteiger partial charge in [-0.05, 0) is 13.0 Å². The number of aromatic nitrogens is 2. The molecule has 21 heavy (non-hydrogen) atoms. The van der Waals surface area contributed by atoms with Gasteiger partial charge in [0.1, 0.15) is 0 Å². The summed E-state index contributed by atoms with van der Waals surface area (Å²) in [6.45, 7) is 1.78. The topological polar surface area (TPSA) is 90.3 Å². The van der Waals surface area contributed by atoms with Gasteiger partial charge in [0.2, 0.25) is 0 Å². The number of nitrogens with zero attached hydrogens (tertiary/aromatic N) is 2. The number of hydrogen-bond donors (Lipinski definition) is 1. The normalized spacial score (nSPS) is 10.4. The molecule has 7 nitrogen and oxygen atoms in total. The number of ether oxygens (including phenoxy) is 1. The molecule has 1 heterocycles. The van der Waals surface area contributed by atoms with Crippen LogP contribution in [0.2, 0.25) is 0 Å². The van der Waals surface area contributed by atoms with Crippen LogP contribution in [0.25, 0.3) is 10.8 Å². The molecule has 0 unspecified atom stereocenters. The summed E-state index contributed by atoms with van der Waals surface area (Å²) in [5.74, 6) is -1.77. The van der Waals surface area contributed by atoms with Gasteiger partial charge in [0, 0.05) is 12.4 Å². The van der Waals surface area contributed by atoms with E-state index in [2.05, 4.69) is 15.2 Å². The fourth-order valence-corrected chi connectivity index (χ4v) is 1.94. The minimum atomic E-state index is -0.938. The number of hydrogen-bond acceptors (Lipinski definition) is 5. The molecule has 1 aromatic carbocycles. The van der Waals surface area contributed by atoms with Crippen molar-refractivity contribution < 1.29 is 14.3 Å². The second-order valence-corrected chi connectivity index (χ2v) is 4.32. The predicted octanol–water partition coefficient (Wildman–Crippen LogP) is 0.113. The molecular formula is C14H15N3O4. The molecule has 110 valence electrons. The van der Waals surface area contributed by atoms with Crippen LogP contribution in [0.1, 0.15) is 12.6 Å². The van der Waals surface area contributed by atoms with Gasteiger partial charge in [-0.1, -0.05) is 18.2 Å². The van der Waals surface area contributed by atoms with Crippen molar-refractivity contribution in [3.8, 4) is 0 Å². The average molecular weight is 289 g/mol. The highest BCUT2D eigenvalue weighted by Gasteiger charge is 2.15. The Morgan fingerprint density at radius 2 is 1.95 bits per heavy atom. The first-order chi connectivity index (χ1) is 10.0. The van der Waals surface area contributed by atoms with Crippen molar-refractivity contribution in [2.24, 2.45) is 7.05 Å². The van der Waals surface area contributed by atoms with Crippen LogP contribution >= 0.6 is 0 Å². The molecule has 1 amide bonds. The molecule has 1 aromatic heterocycles. The van der Waals surface area contributed by atoms with Crippen LogP contribution in [0.4, 0.5) is 0 Å². The molecular weight excluding hydrogens is 274 g/mol. The molecule has 2 rings (SSSR count). The SMILES string of the molecule is CCOC(=O)C(=O)NCc1nn(C)c(=O)c2ccccc12. The molecule has 0 aliphatic carbocycles. The quantitative estimate of drug-likeness (QED) is 0.640. The second kappa shape index (κ2) is 6.17. The van der Waals surface area contributed by atoms with E-state index >= 15 is 0 Å². The maximum atomic E-state index is 12.0. The summed E-state index contributed by atoms with van der Waals surface area (Å²) in [6, 6.07) is 6.97. The Balaban J connectivity index is 2.27. The van der Waals surface area contributed by atoms with Crippen molar-refractivity contribution in [2.75, 3.05) is 6.61 Å². The third kappa shape index (κ3) is 3.07. The summed E-state index contributed by atoms with van der Waals surface area (Å²) in [6.07, 6.45) is 0. The van der Waals surface area contributed by atoms with Crippen LogP contribution in [0.3, 0.4) is 0 Å². The van der Waals surface area contributed by atoms with Crippen LogP contribution in [0.15, 0.2) is 29.1 Å². The number of amides is 1. The highest BCUT2D eigenvalue weighted by atomic mass is 16.5. The Morgan fingerprint density at radius 1 is 1.29 bits per heavy atom. The largest absolute Gasteiger partial charge is 0.459 e. The molecule has 0 fully saturated rings. The first kappa shape index (κ1) is 14.7. The molecule has 0 radical (unpaired) electrons. The number of carbonyl (C=O) groups is 2. The third-order valence-electron chi connectivity index (χ3n) is 2.91. The number of carbonyl (C=O) groups excluding carboxylic acids is 2. The van der Waals surface area contributed by atoms with E-state index in [1.807, 2.05) is 0 Å². The Bertz CT molecular complexity index is 751. The molecule has 0 aliphatic rings. The lowest BCUT2D eigenvalue weighted by molar-refractivity contribution is -0.154. The van der Waals surface area contributed by atoms with Gasteiger partial charge in [-0.2, -0.15) is 5.10 Å². The molecule has 0 saturated heterocycles. The van der Waals surface area contributed by atoms with Crippen LogP contribution in [0.5, 0.6) is 0 Å². The van der Waals surface area contributed by atoms with Gasteiger partial charge >= 0.3 is 11.9 Å². The van der Waals surface area contributed by atoms with E-state index < -0.39 is 11.9 Å². The van der Waals surface area contributed by atoms with Crippen molar-refractivity contribution in [1.29, 1.82) is 0 Å². The van der Waals surface area contributed by atoms with Gasteiger partial charge in [-0.3, -0.25) is 9.59 Å². The van der Waals surface area contributed by atoms with Crippen molar-refractivity contribution in [1.82, 2.24) is 15.1 Å². The zero-order valence-electron chi connectivity index (χ0n) is 11.8. The average Bonchev–Trinajstić information content (AvgIpc) is 2.49. The number of esters is 1. The fraction of sp³-hybridized carbons (Fsp3) is 0.286. The molecule has 7 heteroatoms. The Kier molecular flexibility index (Phi) is 4.32. The first-order valence-electron chi connectivity index (χ1n) is 6.44. The van der Waals surface area contributed by atoms with E-state index in [1.54, 1.807) is 31.2 Å². The number of rotatable bonds is 3. The van der Waals surface area contributed by atoms with E-state index in [9.17, 15) is 14.4 Å². The summed E-state index contributed by atoms with van der Waals surface area (Å²) >= 11 is 0. The van der Waals surface area contributed by atoms with Crippen molar-refractivity contribution in [2.45, 2.75) is 13.5 Å². The third-order valence-corrected chi connectivity index (χ3v) is 2.91. The van der Waals surface area contributed by atoms with E-state index in [0.717, 1.165) is 0 Å². The number of benzene rings is 1. The maximum absolute atomic E-state index is 12.0. The lowest BCUT2D eigenvalue weighted by Gasteiger charge is -2.08. The zero-order chi connectivity index (χ0) is 15.4. The smallest absolute Gasteiger partial charge is 0.396 e. The van der Waals surface area contributed by atoms with Crippen LogP contribution in [-0.4, -0.2) is 28.3 Å². The lowest BCUT2D eigenvalue weighted by Crippen LogP contribution is -2.33. The minimum Gasteiger partial charge on any atom is -0.459 e. The van der Waals surface area contributed by atoms with Crippen molar-refractivity contribution in [3.05, 3.63) is 40.3 Å².